The van der Waals surface area contributed by atoms with Crippen molar-refractivity contribution in [2.24, 2.45) is 0 Å². The van der Waals surface area contributed by atoms with E-state index in [0.717, 1.165) is 11.6 Å². The number of nitrogens with zero attached hydrogens (tertiary/aromatic N) is 1. The second kappa shape index (κ2) is 4.24. The Balaban J connectivity index is 2.99. The van der Waals surface area contributed by atoms with Crippen LogP contribution in [-0.4, -0.2) is 5.97 Å². The third kappa shape index (κ3) is 2.46. The molecule has 0 unspecified atom stereocenters. The van der Waals surface area contributed by atoms with E-state index in [-0.39, 0.29) is 0 Å². The van der Waals surface area contributed by atoms with Crippen LogP contribution < -0.4 is 5.11 Å². The van der Waals surface area contributed by atoms with Crippen molar-refractivity contribution in [1.29, 1.82) is 5.26 Å². The fourth-order valence-corrected chi connectivity index (χ4v) is 1.07. The average Bonchev–Trinajstić information content (AvgIpc) is 2.17. The lowest BCUT2D eigenvalue weighted by molar-refractivity contribution is -0.297. The Bertz CT molecular complexity index is 410. The maximum absolute atomic E-state index is 10.3. The molecule has 1 rings (SSSR count). The van der Waals surface area contributed by atoms with Gasteiger partial charge < -0.3 is 9.90 Å². The molecule has 14 heavy (non-hydrogen) atoms. The number of hydrogen-bond acceptors (Lipinski definition) is 3. The molecule has 0 spiro atoms. The number of allylic oxidation sites excluding steroid dienone is 1. The second-order valence-corrected chi connectivity index (χ2v) is 2.84. The Morgan fingerprint density at radius 3 is 2.43 bits per heavy atom. The minimum Gasteiger partial charge on any atom is -0.545 e. The SMILES string of the molecule is C/C(=C/C(=O)[O-])c1ccc(C#N)cc1. The summed E-state index contributed by atoms with van der Waals surface area (Å²) in [6.45, 7) is 1.68. The molecule has 0 fully saturated rings. The van der Waals surface area contributed by atoms with Gasteiger partial charge >= 0.3 is 0 Å². The molecule has 0 aromatic heterocycles. The summed E-state index contributed by atoms with van der Waals surface area (Å²) < 4.78 is 0. The summed E-state index contributed by atoms with van der Waals surface area (Å²) in [6, 6.07) is 8.67. The highest BCUT2D eigenvalue weighted by molar-refractivity contribution is 5.88. The average molecular weight is 186 g/mol. The van der Waals surface area contributed by atoms with Gasteiger partial charge in [0, 0.05) is 0 Å². The smallest absolute Gasteiger partial charge is 0.0991 e. The summed E-state index contributed by atoms with van der Waals surface area (Å²) in [5.74, 6) is -1.22. The summed E-state index contributed by atoms with van der Waals surface area (Å²) in [7, 11) is 0. The lowest BCUT2D eigenvalue weighted by atomic mass is 10.1. The molecule has 0 bridgehead atoms. The van der Waals surface area contributed by atoms with E-state index in [1.54, 1.807) is 31.2 Å². The molecule has 0 aliphatic rings. The number of hydrogen-bond donors (Lipinski definition) is 0. The summed E-state index contributed by atoms with van der Waals surface area (Å²) in [6.07, 6.45) is 1.03. The van der Waals surface area contributed by atoms with Crippen LogP contribution in [0.25, 0.3) is 5.57 Å². The zero-order chi connectivity index (χ0) is 10.6. The quantitative estimate of drug-likeness (QED) is 0.639. The molecule has 1 aromatic carbocycles. The van der Waals surface area contributed by atoms with Crippen molar-refractivity contribution in [3.8, 4) is 6.07 Å². The van der Waals surface area contributed by atoms with Crippen LogP contribution in [0.1, 0.15) is 18.1 Å². The van der Waals surface area contributed by atoms with E-state index in [1.807, 2.05) is 6.07 Å². The summed E-state index contributed by atoms with van der Waals surface area (Å²) in [5.41, 5.74) is 1.93. The molecule has 3 heteroatoms. The highest BCUT2D eigenvalue weighted by Crippen LogP contribution is 2.13. The summed E-state index contributed by atoms with van der Waals surface area (Å²) >= 11 is 0. The molecular formula is C11H8NO2-. The molecule has 1 aromatic rings. The molecule has 0 N–H and O–H groups in total. The number of rotatable bonds is 2. The van der Waals surface area contributed by atoms with Crippen LogP contribution in [0, 0.1) is 11.3 Å². The van der Waals surface area contributed by atoms with Crippen molar-refractivity contribution >= 4 is 11.5 Å². The molecule has 0 heterocycles. The van der Waals surface area contributed by atoms with E-state index in [1.165, 1.54) is 0 Å². The first kappa shape index (κ1) is 10.0. The van der Waals surface area contributed by atoms with E-state index < -0.39 is 5.97 Å². The molecule has 0 radical (unpaired) electrons. The van der Waals surface area contributed by atoms with Crippen LogP contribution in [0.3, 0.4) is 0 Å². The van der Waals surface area contributed by atoms with Crippen molar-refractivity contribution < 1.29 is 9.90 Å². The third-order valence-corrected chi connectivity index (χ3v) is 1.80. The van der Waals surface area contributed by atoms with Crippen molar-refractivity contribution in [2.45, 2.75) is 6.92 Å². The highest BCUT2D eigenvalue weighted by Gasteiger charge is 1.95. The molecule has 0 saturated carbocycles. The largest absolute Gasteiger partial charge is 0.545 e. The predicted octanol–water partition coefficient (Wildman–Crippen LogP) is 0.711. The number of aliphatic carboxylic acids is 1. The Morgan fingerprint density at radius 1 is 1.43 bits per heavy atom. The van der Waals surface area contributed by atoms with Gasteiger partial charge in [0.05, 0.1) is 17.6 Å². The van der Waals surface area contributed by atoms with Crippen molar-refractivity contribution in [3.63, 3.8) is 0 Å². The van der Waals surface area contributed by atoms with Gasteiger partial charge in [-0.1, -0.05) is 12.1 Å². The number of carbonyl (C=O) groups excluding carboxylic acids is 1. The fourth-order valence-electron chi connectivity index (χ4n) is 1.07. The fraction of sp³-hybridized carbons (Fsp3) is 0.0909. The van der Waals surface area contributed by atoms with Crippen LogP contribution in [0.4, 0.5) is 0 Å². The Morgan fingerprint density at radius 2 is 2.00 bits per heavy atom. The minimum atomic E-state index is -1.22. The lowest BCUT2D eigenvalue weighted by Crippen LogP contribution is -2.19. The van der Waals surface area contributed by atoms with Gasteiger partial charge in [0.15, 0.2) is 0 Å². The van der Waals surface area contributed by atoms with Gasteiger partial charge in [-0.25, -0.2) is 0 Å². The van der Waals surface area contributed by atoms with Crippen molar-refractivity contribution in [1.82, 2.24) is 0 Å². The first-order chi connectivity index (χ1) is 6.63. The zero-order valence-electron chi connectivity index (χ0n) is 7.65. The van der Waals surface area contributed by atoms with Gasteiger partial charge in [0.25, 0.3) is 0 Å². The van der Waals surface area contributed by atoms with E-state index in [0.29, 0.717) is 11.1 Å². The van der Waals surface area contributed by atoms with Gasteiger partial charge in [-0.3, -0.25) is 0 Å². The number of carboxylic acids is 1. The van der Waals surface area contributed by atoms with Gasteiger partial charge in [-0.2, -0.15) is 5.26 Å². The van der Waals surface area contributed by atoms with Crippen molar-refractivity contribution in [2.75, 3.05) is 0 Å². The number of carboxylic acid groups (broad SMARTS) is 1. The van der Waals surface area contributed by atoms with Gasteiger partial charge in [-0.15, -0.1) is 0 Å². The molecule has 0 saturated heterocycles. The number of nitriles is 1. The first-order valence-electron chi connectivity index (χ1n) is 4.03. The molecule has 3 nitrogen and oxygen atoms in total. The van der Waals surface area contributed by atoms with Crippen LogP contribution in [0.5, 0.6) is 0 Å². The molecule has 0 aliphatic carbocycles. The van der Waals surface area contributed by atoms with Gasteiger partial charge in [-0.05, 0) is 36.3 Å². The molecule has 70 valence electrons. The minimum absolute atomic E-state index is 0.551. The molecule has 0 amide bonds. The van der Waals surface area contributed by atoms with Crippen LogP contribution in [0.15, 0.2) is 30.3 Å². The zero-order valence-corrected chi connectivity index (χ0v) is 7.65. The van der Waals surface area contributed by atoms with Gasteiger partial charge in [0.1, 0.15) is 0 Å². The lowest BCUT2D eigenvalue weighted by Gasteiger charge is -2.01. The Kier molecular flexibility index (Phi) is 3.03. The maximum atomic E-state index is 10.3. The topological polar surface area (TPSA) is 63.9 Å². The number of benzene rings is 1. The summed E-state index contributed by atoms with van der Waals surface area (Å²) in [5, 5.41) is 18.8. The summed E-state index contributed by atoms with van der Waals surface area (Å²) in [4.78, 5) is 10.3. The third-order valence-electron chi connectivity index (χ3n) is 1.80. The molecule has 0 aliphatic heterocycles. The van der Waals surface area contributed by atoms with Crippen LogP contribution >= 0.6 is 0 Å². The van der Waals surface area contributed by atoms with E-state index in [4.69, 9.17) is 5.26 Å². The standard InChI is InChI=1S/C11H9NO2/c1-8(6-11(13)14)10-4-2-9(7-12)3-5-10/h2-6H,1H3,(H,13,14)/p-1/b8-6-. The van der Waals surface area contributed by atoms with Gasteiger partial charge in [0.2, 0.25) is 0 Å². The first-order valence-corrected chi connectivity index (χ1v) is 4.03. The molecule has 0 atom stereocenters. The maximum Gasteiger partial charge on any atom is 0.0991 e. The molecular weight excluding hydrogens is 178 g/mol. The monoisotopic (exact) mass is 186 g/mol. The highest BCUT2D eigenvalue weighted by atomic mass is 16.4. The van der Waals surface area contributed by atoms with Crippen LogP contribution in [0.2, 0.25) is 0 Å². The Hall–Kier alpha value is -2.08. The van der Waals surface area contributed by atoms with E-state index in [9.17, 15) is 9.90 Å². The Labute approximate surface area is 81.9 Å². The van der Waals surface area contributed by atoms with Crippen LogP contribution in [-0.2, 0) is 4.79 Å². The normalized spacial score (nSPS) is 10.7. The van der Waals surface area contributed by atoms with E-state index >= 15 is 0 Å². The van der Waals surface area contributed by atoms with Crippen molar-refractivity contribution in [3.05, 3.63) is 41.5 Å². The van der Waals surface area contributed by atoms with E-state index in [2.05, 4.69) is 0 Å². The second-order valence-electron chi connectivity index (χ2n) is 2.84. The number of carbonyl (C=O) groups is 1. The predicted molar refractivity (Wildman–Crippen MR) is 49.8 cm³/mol.